The Balaban J connectivity index is 2.14. The van der Waals surface area contributed by atoms with E-state index in [1.165, 1.54) is 22.0 Å². The van der Waals surface area contributed by atoms with E-state index >= 15 is 0 Å². The van der Waals surface area contributed by atoms with Gasteiger partial charge in [-0.2, -0.15) is 0 Å². The molecule has 2 nitrogen and oxygen atoms in total. The van der Waals surface area contributed by atoms with Crippen molar-refractivity contribution in [2.45, 2.75) is 33.2 Å². The zero-order valence-electron chi connectivity index (χ0n) is 10.8. The molecular weight excluding hydrogens is 278 g/mol. The van der Waals surface area contributed by atoms with Crippen LogP contribution in [-0.4, -0.2) is 19.8 Å². The summed E-state index contributed by atoms with van der Waals surface area (Å²) in [6.45, 7) is 7.75. The van der Waals surface area contributed by atoms with Crippen LogP contribution in [0.5, 0.6) is 0 Å². The van der Waals surface area contributed by atoms with Gasteiger partial charge in [0.05, 0.1) is 6.61 Å². The zero-order valence-corrected chi connectivity index (χ0v) is 12.3. The molecule has 0 spiro atoms. The van der Waals surface area contributed by atoms with Gasteiger partial charge in [-0.25, -0.2) is 0 Å². The summed E-state index contributed by atoms with van der Waals surface area (Å²) in [5.41, 5.74) is 2.58. The smallest absolute Gasteiger partial charge is 0.0591 e. The van der Waals surface area contributed by atoms with Gasteiger partial charge in [0.25, 0.3) is 0 Å². The van der Waals surface area contributed by atoms with Crippen molar-refractivity contribution in [3.05, 3.63) is 33.8 Å². The molecule has 0 saturated heterocycles. The maximum Gasteiger partial charge on any atom is 0.0591 e. The molecule has 1 N–H and O–H groups in total. The summed E-state index contributed by atoms with van der Waals surface area (Å²) in [5.74, 6) is 0. The van der Waals surface area contributed by atoms with Gasteiger partial charge in [-0.05, 0) is 30.5 Å². The summed E-state index contributed by atoms with van der Waals surface area (Å²) in [6.07, 6.45) is 2.35. The van der Waals surface area contributed by atoms with Gasteiger partial charge < -0.3 is 10.1 Å². The number of ether oxygens (including phenoxy) is 1. The van der Waals surface area contributed by atoms with Gasteiger partial charge >= 0.3 is 0 Å². The summed E-state index contributed by atoms with van der Waals surface area (Å²) in [4.78, 5) is 0. The second kappa shape index (κ2) is 8.67. The maximum absolute atomic E-state index is 5.49. The fourth-order valence-electron chi connectivity index (χ4n) is 1.51. The zero-order chi connectivity index (χ0) is 12.5. The fourth-order valence-corrected chi connectivity index (χ4v) is 2.15. The Hall–Kier alpha value is -0.380. The normalized spacial score (nSPS) is 10.8. The van der Waals surface area contributed by atoms with Crippen LogP contribution in [0.2, 0.25) is 0 Å². The maximum atomic E-state index is 5.49. The largest absolute Gasteiger partial charge is 0.380 e. The van der Waals surface area contributed by atoms with E-state index in [-0.39, 0.29) is 0 Å². The highest BCUT2D eigenvalue weighted by atomic mass is 79.9. The number of hydrogen-bond acceptors (Lipinski definition) is 2. The van der Waals surface area contributed by atoms with E-state index in [2.05, 4.69) is 53.3 Å². The summed E-state index contributed by atoms with van der Waals surface area (Å²) >= 11 is 3.58. The molecule has 0 atom stereocenters. The quantitative estimate of drug-likeness (QED) is 0.740. The summed E-state index contributed by atoms with van der Waals surface area (Å²) in [6, 6.07) is 6.44. The van der Waals surface area contributed by atoms with Crippen molar-refractivity contribution in [2.75, 3.05) is 19.8 Å². The van der Waals surface area contributed by atoms with Gasteiger partial charge in [0.2, 0.25) is 0 Å². The average Bonchev–Trinajstić information content (AvgIpc) is 2.30. The monoisotopic (exact) mass is 299 g/mol. The van der Waals surface area contributed by atoms with Crippen molar-refractivity contribution < 1.29 is 4.74 Å². The first-order valence-corrected chi connectivity index (χ1v) is 7.07. The topological polar surface area (TPSA) is 21.3 Å². The first-order valence-electron chi connectivity index (χ1n) is 6.27. The fraction of sp³-hybridized carbons (Fsp3) is 0.571. The molecule has 3 heteroatoms. The van der Waals surface area contributed by atoms with E-state index in [9.17, 15) is 0 Å². The van der Waals surface area contributed by atoms with Crippen molar-refractivity contribution in [3.63, 3.8) is 0 Å². The number of rotatable bonds is 8. The Morgan fingerprint density at radius 2 is 2.12 bits per heavy atom. The van der Waals surface area contributed by atoms with Crippen LogP contribution in [0.25, 0.3) is 0 Å². The molecule has 96 valence electrons. The van der Waals surface area contributed by atoms with E-state index in [1.54, 1.807) is 0 Å². The van der Waals surface area contributed by atoms with Gasteiger partial charge in [-0.3, -0.25) is 0 Å². The van der Waals surface area contributed by atoms with Crippen LogP contribution in [0.15, 0.2) is 22.7 Å². The van der Waals surface area contributed by atoms with Crippen LogP contribution in [-0.2, 0) is 11.3 Å². The Labute approximate surface area is 113 Å². The number of unbranched alkanes of at least 4 members (excludes halogenated alkanes) is 1. The van der Waals surface area contributed by atoms with Crippen LogP contribution < -0.4 is 5.32 Å². The van der Waals surface area contributed by atoms with E-state index in [1.807, 2.05) is 0 Å². The summed E-state index contributed by atoms with van der Waals surface area (Å²) in [5, 5.41) is 3.38. The van der Waals surface area contributed by atoms with Crippen LogP contribution in [0.3, 0.4) is 0 Å². The minimum Gasteiger partial charge on any atom is -0.380 e. The number of halogens is 1. The van der Waals surface area contributed by atoms with Crippen LogP contribution >= 0.6 is 15.9 Å². The molecule has 1 rings (SSSR count). The number of hydrogen-bond donors (Lipinski definition) is 1. The highest BCUT2D eigenvalue weighted by Crippen LogP contribution is 2.17. The third-order valence-electron chi connectivity index (χ3n) is 2.59. The SMILES string of the molecule is CCCCOCCNCc1ccc(C)cc1Br. The third-order valence-corrected chi connectivity index (χ3v) is 3.33. The molecule has 0 amide bonds. The molecule has 0 bridgehead atoms. The average molecular weight is 300 g/mol. The van der Waals surface area contributed by atoms with Crippen LogP contribution in [0, 0.1) is 6.92 Å². The van der Waals surface area contributed by atoms with Crippen LogP contribution in [0.1, 0.15) is 30.9 Å². The second-order valence-corrected chi connectivity index (χ2v) is 5.09. The minimum atomic E-state index is 0.795. The molecule has 0 heterocycles. The van der Waals surface area contributed by atoms with Gasteiger partial charge in [-0.1, -0.05) is 41.4 Å². The summed E-state index contributed by atoms with van der Waals surface area (Å²) < 4.78 is 6.66. The highest BCUT2D eigenvalue weighted by molar-refractivity contribution is 9.10. The minimum absolute atomic E-state index is 0.795. The molecular formula is C14H22BrNO. The van der Waals surface area contributed by atoms with E-state index < -0.39 is 0 Å². The van der Waals surface area contributed by atoms with Gasteiger partial charge in [0, 0.05) is 24.2 Å². The van der Waals surface area contributed by atoms with Crippen molar-refractivity contribution in [1.29, 1.82) is 0 Å². The number of aryl methyl sites for hydroxylation is 1. The Kier molecular flexibility index (Phi) is 7.49. The van der Waals surface area contributed by atoms with E-state index in [4.69, 9.17) is 4.74 Å². The molecule has 0 aromatic heterocycles. The molecule has 0 aliphatic heterocycles. The number of benzene rings is 1. The van der Waals surface area contributed by atoms with Crippen molar-refractivity contribution in [1.82, 2.24) is 5.32 Å². The lowest BCUT2D eigenvalue weighted by molar-refractivity contribution is 0.133. The van der Waals surface area contributed by atoms with Gasteiger partial charge in [0.1, 0.15) is 0 Å². The van der Waals surface area contributed by atoms with Crippen LogP contribution in [0.4, 0.5) is 0 Å². The lowest BCUT2D eigenvalue weighted by atomic mass is 10.1. The Morgan fingerprint density at radius 1 is 1.29 bits per heavy atom. The highest BCUT2D eigenvalue weighted by Gasteiger charge is 1.99. The van der Waals surface area contributed by atoms with E-state index in [0.717, 1.165) is 32.7 Å². The molecule has 0 fully saturated rings. The van der Waals surface area contributed by atoms with Crippen molar-refractivity contribution in [3.8, 4) is 0 Å². The molecule has 0 saturated carbocycles. The molecule has 0 aliphatic carbocycles. The molecule has 0 unspecified atom stereocenters. The first-order chi connectivity index (χ1) is 8.24. The third kappa shape index (κ3) is 6.20. The lowest BCUT2D eigenvalue weighted by Gasteiger charge is -2.08. The molecule has 0 radical (unpaired) electrons. The number of nitrogens with one attached hydrogen (secondary N) is 1. The Bertz CT molecular complexity index is 328. The predicted octanol–water partition coefficient (Wildman–Crippen LogP) is 3.66. The molecule has 0 aliphatic rings. The standard InChI is InChI=1S/C14H22BrNO/c1-3-4-8-17-9-7-16-11-13-6-5-12(2)10-14(13)15/h5-6,10,16H,3-4,7-9,11H2,1-2H3. The van der Waals surface area contributed by atoms with Gasteiger partial charge in [-0.15, -0.1) is 0 Å². The molecule has 1 aromatic carbocycles. The lowest BCUT2D eigenvalue weighted by Crippen LogP contribution is -2.19. The Morgan fingerprint density at radius 3 is 2.82 bits per heavy atom. The molecule has 17 heavy (non-hydrogen) atoms. The second-order valence-electron chi connectivity index (χ2n) is 4.24. The van der Waals surface area contributed by atoms with Crippen molar-refractivity contribution in [2.24, 2.45) is 0 Å². The summed E-state index contributed by atoms with van der Waals surface area (Å²) in [7, 11) is 0. The first kappa shape index (κ1) is 14.7. The molecule has 1 aromatic rings. The van der Waals surface area contributed by atoms with E-state index in [0.29, 0.717) is 0 Å². The van der Waals surface area contributed by atoms with Crippen molar-refractivity contribution >= 4 is 15.9 Å². The van der Waals surface area contributed by atoms with Gasteiger partial charge in [0.15, 0.2) is 0 Å². The predicted molar refractivity (Wildman–Crippen MR) is 76.3 cm³/mol.